The summed E-state index contributed by atoms with van der Waals surface area (Å²) in [5.41, 5.74) is 11.9. The van der Waals surface area contributed by atoms with Crippen molar-refractivity contribution in [1.29, 1.82) is 0 Å². The third-order valence-corrected chi connectivity index (χ3v) is 6.73. The van der Waals surface area contributed by atoms with Crippen LogP contribution in [0.5, 0.6) is 0 Å². The first-order valence-corrected chi connectivity index (χ1v) is 12.6. The summed E-state index contributed by atoms with van der Waals surface area (Å²) >= 11 is 6.30. The molecule has 34 heavy (non-hydrogen) atoms. The molecule has 6 nitrogen and oxygen atoms in total. The average Bonchev–Trinajstić information content (AvgIpc) is 2.81. The maximum absolute atomic E-state index is 12.1. The Balaban J connectivity index is 1.72. The van der Waals surface area contributed by atoms with Crippen molar-refractivity contribution in [2.24, 2.45) is 5.14 Å². The third kappa shape index (κ3) is 5.88. The van der Waals surface area contributed by atoms with Crippen LogP contribution >= 0.6 is 11.6 Å². The lowest BCUT2D eigenvalue weighted by atomic mass is 10.0. The van der Waals surface area contributed by atoms with Crippen molar-refractivity contribution in [3.05, 3.63) is 113 Å². The minimum absolute atomic E-state index is 0.0596. The van der Waals surface area contributed by atoms with Crippen molar-refractivity contribution in [1.82, 2.24) is 0 Å². The van der Waals surface area contributed by atoms with Crippen LogP contribution < -0.4 is 21.5 Å². The Kier molecular flexibility index (Phi) is 7.07. The van der Waals surface area contributed by atoms with Gasteiger partial charge >= 0.3 is 0 Å². The topological polar surface area (TPSA) is 110 Å². The van der Waals surface area contributed by atoms with Crippen LogP contribution in [0.15, 0.2) is 95.9 Å². The maximum Gasteiger partial charge on any atom is 0.239 e. The first-order chi connectivity index (χ1) is 16.3. The van der Waals surface area contributed by atoms with Crippen LogP contribution in [0.4, 0.5) is 22.7 Å². The van der Waals surface area contributed by atoms with Gasteiger partial charge in [-0.25, -0.2) is 13.6 Å². The standard InChI is InChI=1S/C26H25ClN4O2S/c27-23-16-25(31-22-9-5-2-6-10-22)20(14-26(23)34(29,32)33)13-19-11-12-21(28)15-24(19)30-17-18-7-3-1-4-8-18/h1-12,14-16,30-31H,13,17,28H2,(H2,29,32,33). The molecule has 4 aromatic rings. The van der Waals surface area contributed by atoms with Gasteiger partial charge in [-0.15, -0.1) is 0 Å². The van der Waals surface area contributed by atoms with Gasteiger partial charge in [-0.05, 0) is 53.1 Å². The molecule has 0 saturated heterocycles. The van der Waals surface area contributed by atoms with Crippen molar-refractivity contribution in [3.63, 3.8) is 0 Å². The number of hydrogen-bond acceptors (Lipinski definition) is 5. The van der Waals surface area contributed by atoms with E-state index in [2.05, 4.69) is 10.6 Å². The molecule has 6 N–H and O–H groups in total. The maximum atomic E-state index is 12.1. The van der Waals surface area contributed by atoms with Crippen LogP contribution in [0.3, 0.4) is 0 Å². The molecule has 0 unspecified atom stereocenters. The number of nitrogens with two attached hydrogens (primary N) is 2. The fraction of sp³-hybridized carbons (Fsp3) is 0.0769. The number of benzene rings is 4. The smallest absolute Gasteiger partial charge is 0.239 e. The van der Waals surface area contributed by atoms with Crippen LogP contribution in [-0.2, 0) is 23.0 Å². The highest BCUT2D eigenvalue weighted by atomic mass is 35.5. The lowest BCUT2D eigenvalue weighted by molar-refractivity contribution is 0.597. The number of hydrogen-bond donors (Lipinski definition) is 4. The fourth-order valence-corrected chi connectivity index (χ4v) is 4.79. The number of anilines is 4. The monoisotopic (exact) mass is 492 g/mol. The van der Waals surface area contributed by atoms with E-state index in [0.29, 0.717) is 24.3 Å². The van der Waals surface area contributed by atoms with E-state index in [1.165, 1.54) is 6.07 Å². The van der Waals surface area contributed by atoms with E-state index in [-0.39, 0.29) is 9.92 Å². The number of para-hydroxylation sites is 1. The molecule has 0 aliphatic heterocycles. The van der Waals surface area contributed by atoms with Crippen molar-refractivity contribution in [2.45, 2.75) is 17.9 Å². The summed E-state index contributed by atoms with van der Waals surface area (Å²) in [6.07, 6.45) is 0.423. The van der Waals surface area contributed by atoms with Crippen molar-refractivity contribution >= 4 is 44.4 Å². The summed E-state index contributed by atoms with van der Waals surface area (Å²) in [5.74, 6) is 0. The predicted octanol–water partition coefficient (Wildman–Crippen LogP) is 5.52. The molecule has 8 heteroatoms. The van der Waals surface area contributed by atoms with Gasteiger partial charge in [0.05, 0.1) is 5.02 Å². The van der Waals surface area contributed by atoms with Gasteiger partial charge in [-0.1, -0.05) is 66.2 Å². The molecule has 0 heterocycles. The number of halogens is 1. The highest BCUT2D eigenvalue weighted by Crippen LogP contribution is 2.33. The fourth-order valence-electron chi connectivity index (χ4n) is 3.66. The molecule has 0 aliphatic carbocycles. The van der Waals surface area contributed by atoms with Crippen LogP contribution in [-0.4, -0.2) is 8.42 Å². The van der Waals surface area contributed by atoms with Gasteiger partial charge < -0.3 is 16.4 Å². The Hall–Kier alpha value is -3.52. The van der Waals surface area contributed by atoms with E-state index >= 15 is 0 Å². The first kappa shape index (κ1) is 23.6. The van der Waals surface area contributed by atoms with E-state index in [4.69, 9.17) is 22.5 Å². The molecule has 0 spiro atoms. The minimum Gasteiger partial charge on any atom is -0.399 e. The van der Waals surface area contributed by atoms with Crippen molar-refractivity contribution < 1.29 is 8.42 Å². The summed E-state index contributed by atoms with van der Waals surface area (Å²) in [7, 11) is -4.00. The lowest BCUT2D eigenvalue weighted by Crippen LogP contribution is -2.14. The van der Waals surface area contributed by atoms with Gasteiger partial charge in [-0.2, -0.15) is 0 Å². The normalized spacial score (nSPS) is 11.2. The molecule has 0 aliphatic rings. The minimum atomic E-state index is -4.00. The summed E-state index contributed by atoms with van der Waals surface area (Å²) in [4.78, 5) is -0.114. The summed E-state index contributed by atoms with van der Waals surface area (Å²) in [5, 5.41) is 12.3. The second kappa shape index (κ2) is 10.2. The zero-order chi connectivity index (χ0) is 24.1. The third-order valence-electron chi connectivity index (χ3n) is 5.36. The summed E-state index contributed by atoms with van der Waals surface area (Å²) < 4.78 is 24.3. The molecule has 0 atom stereocenters. The Bertz CT molecular complexity index is 1400. The van der Waals surface area contributed by atoms with Gasteiger partial charge in [0.25, 0.3) is 0 Å². The molecule has 0 amide bonds. The van der Waals surface area contributed by atoms with Gasteiger partial charge in [-0.3, -0.25) is 0 Å². The number of primary sulfonamides is 1. The van der Waals surface area contributed by atoms with E-state index in [9.17, 15) is 8.42 Å². The van der Waals surface area contributed by atoms with Crippen molar-refractivity contribution in [2.75, 3.05) is 16.4 Å². The van der Waals surface area contributed by atoms with E-state index < -0.39 is 10.0 Å². The van der Waals surface area contributed by atoms with Gasteiger partial charge in [0.1, 0.15) is 4.90 Å². The Morgan fingerprint density at radius 1 is 0.794 bits per heavy atom. The molecule has 0 radical (unpaired) electrons. The predicted molar refractivity (Wildman–Crippen MR) is 140 cm³/mol. The Morgan fingerprint density at radius 2 is 1.47 bits per heavy atom. The van der Waals surface area contributed by atoms with E-state index in [1.54, 1.807) is 6.07 Å². The number of rotatable bonds is 8. The van der Waals surface area contributed by atoms with Crippen LogP contribution in [0.2, 0.25) is 5.02 Å². The van der Waals surface area contributed by atoms with Gasteiger partial charge in [0.2, 0.25) is 10.0 Å². The Morgan fingerprint density at radius 3 is 2.15 bits per heavy atom. The highest BCUT2D eigenvalue weighted by Gasteiger charge is 2.18. The molecular formula is C26H25ClN4O2S. The van der Waals surface area contributed by atoms with E-state index in [1.807, 2.05) is 78.9 Å². The second-order valence-corrected chi connectivity index (χ2v) is 9.85. The summed E-state index contributed by atoms with van der Waals surface area (Å²) in [6, 6.07) is 28.4. The number of nitrogen functional groups attached to an aromatic ring is 1. The molecule has 0 aromatic heterocycles. The quantitative estimate of drug-likeness (QED) is 0.242. The average molecular weight is 493 g/mol. The SMILES string of the molecule is Nc1ccc(Cc2cc(S(N)(=O)=O)c(Cl)cc2Nc2ccccc2)c(NCc2ccccc2)c1. The largest absolute Gasteiger partial charge is 0.399 e. The molecule has 4 rings (SSSR count). The van der Waals surface area contributed by atoms with Crippen LogP contribution in [0.25, 0.3) is 0 Å². The number of nitrogens with one attached hydrogen (secondary N) is 2. The van der Waals surface area contributed by atoms with Gasteiger partial charge in [0.15, 0.2) is 0 Å². The molecule has 4 aromatic carbocycles. The van der Waals surface area contributed by atoms with Crippen LogP contribution in [0.1, 0.15) is 16.7 Å². The second-order valence-electron chi connectivity index (χ2n) is 7.91. The Labute approximate surface area is 204 Å². The van der Waals surface area contributed by atoms with E-state index in [0.717, 1.165) is 28.1 Å². The molecule has 0 bridgehead atoms. The lowest BCUT2D eigenvalue weighted by Gasteiger charge is -2.18. The molecule has 174 valence electrons. The molecule has 0 saturated carbocycles. The first-order valence-electron chi connectivity index (χ1n) is 10.6. The van der Waals surface area contributed by atoms with Crippen LogP contribution in [0, 0.1) is 0 Å². The highest BCUT2D eigenvalue weighted by molar-refractivity contribution is 7.89. The zero-order valence-electron chi connectivity index (χ0n) is 18.3. The van der Waals surface area contributed by atoms with Crippen molar-refractivity contribution in [3.8, 4) is 0 Å². The van der Waals surface area contributed by atoms with Gasteiger partial charge in [0, 0.05) is 35.7 Å². The zero-order valence-corrected chi connectivity index (χ0v) is 19.9. The number of sulfonamides is 1. The summed E-state index contributed by atoms with van der Waals surface area (Å²) in [6.45, 7) is 0.620. The molecule has 0 fully saturated rings. The molecular weight excluding hydrogens is 468 g/mol.